The molecule has 3 fully saturated rings. The summed E-state index contributed by atoms with van der Waals surface area (Å²) < 4.78 is 19.1. The molecule has 1 amide bonds. The van der Waals surface area contributed by atoms with Crippen molar-refractivity contribution in [2.24, 2.45) is 17.7 Å². The van der Waals surface area contributed by atoms with E-state index in [0.29, 0.717) is 0 Å². The summed E-state index contributed by atoms with van der Waals surface area (Å²) in [6, 6.07) is 9.27. The molecule has 6 nitrogen and oxygen atoms in total. The van der Waals surface area contributed by atoms with Gasteiger partial charge in [0, 0.05) is 24.1 Å². The average Bonchev–Trinajstić information content (AvgIpc) is 2.59. The van der Waals surface area contributed by atoms with Gasteiger partial charge in [-0.3, -0.25) is 9.80 Å². The predicted molar refractivity (Wildman–Crippen MR) is 87.9 cm³/mol. The molecule has 4 N–H and O–H groups in total. The van der Waals surface area contributed by atoms with Crippen LogP contribution < -0.4 is 11.2 Å². The van der Waals surface area contributed by atoms with Gasteiger partial charge < -0.3 is 15.2 Å². The van der Waals surface area contributed by atoms with Crippen LogP contribution in [0.25, 0.3) is 0 Å². The summed E-state index contributed by atoms with van der Waals surface area (Å²) in [5, 5.41) is 14.1. The third kappa shape index (κ3) is 2.69. The van der Waals surface area contributed by atoms with Crippen molar-refractivity contribution in [2.45, 2.75) is 31.3 Å². The van der Waals surface area contributed by atoms with Crippen molar-refractivity contribution in [3.05, 3.63) is 59.6 Å². The Kier molecular flexibility index (Phi) is 3.97. The molecule has 4 aliphatic rings. The molecule has 1 heterocycles. The van der Waals surface area contributed by atoms with Crippen LogP contribution in [0.2, 0.25) is 0 Å². The fraction of sp³-hybridized carbons (Fsp3) is 0.389. The number of hydrogen-bond donors (Lipinski definition) is 3. The first kappa shape index (κ1) is 16.1. The third-order valence-electron chi connectivity index (χ3n) is 5.22. The number of amides is 1. The molecule has 7 heteroatoms. The fourth-order valence-corrected chi connectivity index (χ4v) is 3.52. The molecule has 0 aromatic heterocycles. The Hall–Kier alpha value is -2.38. The van der Waals surface area contributed by atoms with Crippen LogP contribution in [0.4, 0.5) is 4.39 Å². The topological polar surface area (TPSA) is 87.8 Å². The average molecular weight is 345 g/mol. The number of nitrogens with zero attached hydrogens (tertiary/aromatic N) is 1. The minimum Gasteiger partial charge on any atom is -0.488 e. The minimum atomic E-state index is -1.06. The van der Waals surface area contributed by atoms with Crippen molar-refractivity contribution in [1.29, 1.82) is 0 Å². The quantitative estimate of drug-likeness (QED) is 0.692. The molecule has 3 unspecified atom stereocenters. The van der Waals surface area contributed by atoms with E-state index in [1.54, 1.807) is 0 Å². The molecule has 3 saturated carbocycles. The van der Waals surface area contributed by atoms with E-state index in [9.17, 15) is 14.3 Å². The van der Waals surface area contributed by atoms with Gasteiger partial charge in [0.15, 0.2) is 11.5 Å². The van der Waals surface area contributed by atoms with Gasteiger partial charge >= 0.3 is 0 Å². The molecule has 0 radical (unpaired) electrons. The van der Waals surface area contributed by atoms with Crippen molar-refractivity contribution in [3.63, 3.8) is 0 Å². The standard InChI is InChI=1S/C18H20FN3O3/c19-14-11-8-12(14)15(11)21-18(24)16-17(13(23)6-7-22(16)20)25-9-10-4-2-1-3-5-10/h1-7,11-15,23H,8-9,20H2,(H,21,24). The second kappa shape index (κ2) is 6.16. The highest BCUT2D eigenvalue weighted by atomic mass is 19.1. The van der Waals surface area contributed by atoms with Crippen molar-refractivity contribution in [1.82, 2.24) is 10.3 Å². The number of rotatable bonds is 5. The van der Waals surface area contributed by atoms with Crippen LogP contribution in [0.1, 0.15) is 12.0 Å². The van der Waals surface area contributed by atoms with Crippen LogP contribution in [-0.4, -0.2) is 34.3 Å². The SMILES string of the molecule is NN1C=CC(O)C(OCc2ccccc2)=C1C(=O)NC1C2CC1C2F. The summed E-state index contributed by atoms with van der Waals surface area (Å²) in [6.45, 7) is 0.201. The van der Waals surface area contributed by atoms with E-state index < -0.39 is 18.2 Å². The number of nitrogens with two attached hydrogens (primary N) is 1. The molecule has 2 bridgehead atoms. The second-order valence-corrected chi connectivity index (χ2v) is 6.69. The van der Waals surface area contributed by atoms with Crippen LogP contribution in [0, 0.1) is 11.8 Å². The Balaban J connectivity index is 1.50. The molecule has 5 rings (SSSR count). The van der Waals surface area contributed by atoms with Crippen molar-refractivity contribution < 1.29 is 19.0 Å². The third-order valence-corrected chi connectivity index (χ3v) is 5.22. The molecule has 0 saturated heterocycles. The monoisotopic (exact) mass is 345 g/mol. The van der Waals surface area contributed by atoms with Gasteiger partial charge in [-0.1, -0.05) is 30.3 Å². The maximum atomic E-state index is 13.4. The Labute approximate surface area is 144 Å². The number of hydrogen-bond acceptors (Lipinski definition) is 5. The maximum Gasteiger partial charge on any atom is 0.273 e. The van der Waals surface area contributed by atoms with E-state index in [0.717, 1.165) is 17.0 Å². The van der Waals surface area contributed by atoms with E-state index in [1.165, 1.54) is 12.3 Å². The van der Waals surface area contributed by atoms with Gasteiger partial charge in [0.05, 0.1) is 0 Å². The number of benzene rings is 1. The number of nitrogens with one attached hydrogen (secondary N) is 1. The van der Waals surface area contributed by atoms with E-state index in [-0.39, 0.29) is 35.9 Å². The van der Waals surface area contributed by atoms with Crippen molar-refractivity contribution in [2.75, 3.05) is 0 Å². The highest BCUT2D eigenvalue weighted by molar-refractivity contribution is 5.94. The van der Waals surface area contributed by atoms with Crippen LogP contribution in [-0.2, 0) is 16.1 Å². The zero-order chi connectivity index (χ0) is 17.6. The fourth-order valence-electron chi connectivity index (χ4n) is 3.52. The van der Waals surface area contributed by atoms with E-state index in [1.807, 2.05) is 30.3 Å². The molecule has 132 valence electrons. The van der Waals surface area contributed by atoms with Gasteiger partial charge in [0.25, 0.3) is 5.91 Å². The number of hydrazine groups is 1. The molecule has 1 aliphatic heterocycles. The van der Waals surface area contributed by atoms with Crippen molar-refractivity contribution >= 4 is 5.91 Å². The van der Waals surface area contributed by atoms with E-state index in [4.69, 9.17) is 10.6 Å². The van der Waals surface area contributed by atoms with Gasteiger partial charge in [-0.05, 0) is 18.1 Å². The number of carbonyl (C=O) groups is 1. The molecule has 25 heavy (non-hydrogen) atoms. The first-order valence-electron chi connectivity index (χ1n) is 8.32. The Morgan fingerprint density at radius 2 is 2.08 bits per heavy atom. The lowest BCUT2D eigenvalue weighted by Crippen LogP contribution is -2.72. The molecule has 1 aromatic rings. The number of alkyl halides is 1. The maximum absolute atomic E-state index is 13.4. The molecule has 3 atom stereocenters. The van der Waals surface area contributed by atoms with Crippen molar-refractivity contribution in [3.8, 4) is 0 Å². The Morgan fingerprint density at radius 1 is 1.36 bits per heavy atom. The van der Waals surface area contributed by atoms with Gasteiger partial charge in [-0.25, -0.2) is 10.2 Å². The summed E-state index contributed by atoms with van der Waals surface area (Å²) in [6.07, 6.45) is 1.80. The molecule has 1 aromatic carbocycles. The second-order valence-electron chi connectivity index (χ2n) is 6.69. The molecule has 3 aliphatic carbocycles. The highest BCUT2D eigenvalue weighted by Crippen LogP contribution is 2.55. The molecular formula is C18H20FN3O3. The lowest BCUT2D eigenvalue weighted by Gasteiger charge is -2.60. The number of aliphatic hydroxyl groups is 1. The largest absolute Gasteiger partial charge is 0.488 e. The van der Waals surface area contributed by atoms with Crippen LogP contribution >= 0.6 is 0 Å². The smallest absolute Gasteiger partial charge is 0.273 e. The number of halogens is 1. The Bertz CT molecular complexity index is 726. The first-order chi connectivity index (χ1) is 12.1. The van der Waals surface area contributed by atoms with Gasteiger partial charge in [0.2, 0.25) is 0 Å². The number of ether oxygens (including phenoxy) is 1. The summed E-state index contributed by atoms with van der Waals surface area (Å²) in [4.78, 5) is 12.6. The number of aliphatic hydroxyl groups excluding tert-OH is 1. The Morgan fingerprint density at radius 3 is 2.72 bits per heavy atom. The summed E-state index contributed by atoms with van der Waals surface area (Å²) >= 11 is 0. The molecular weight excluding hydrogens is 325 g/mol. The normalized spacial score (nSPS) is 32.8. The first-order valence-corrected chi connectivity index (χ1v) is 8.32. The predicted octanol–water partition coefficient (Wildman–Crippen LogP) is 0.951. The van der Waals surface area contributed by atoms with Crippen LogP contribution in [0.5, 0.6) is 0 Å². The van der Waals surface area contributed by atoms with Gasteiger partial charge in [0.1, 0.15) is 18.9 Å². The van der Waals surface area contributed by atoms with Crippen LogP contribution in [0.3, 0.4) is 0 Å². The molecule has 0 spiro atoms. The van der Waals surface area contributed by atoms with Crippen LogP contribution in [0.15, 0.2) is 54.1 Å². The van der Waals surface area contributed by atoms with E-state index >= 15 is 0 Å². The lowest BCUT2D eigenvalue weighted by molar-refractivity contribution is -0.152. The summed E-state index contributed by atoms with van der Waals surface area (Å²) in [5.41, 5.74) is 0.952. The minimum absolute atomic E-state index is 0.0487. The van der Waals surface area contributed by atoms with Gasteiger partial charge in [-0.15, -0.1) is 0 Å². The zero-order valence-electron chi connectivity index (χ0n) is 13.5. The van der Waals surface area contributed by atoms with Gasteiger partial charge in [-0.2, -0.15) is 0 Å². The van der Waals surface area contributed by atoms with E-state index in [2.05, 4.69) is 5.32 Å². The zero-order valence-corrected chi connectivity index (χ0v) is 13.5. The lowest BCUT2D eigenvalue weighted by atomic mass is 9.50. The summed E-state index contributed by atoms with van der Waals surface area (Å²) in [5.74, 6) is 5.31. The highest BCUT2D eigenvalue weighted by Gasteiger charge is 2.62. The summed E-state index contributed by atoms with van der Waals surface area (Å²) in [7, 11) is 0. The number of carbonyl (C=O) groups excluding carboxylic acids is 1.